The minimum atomic E-state index is -0.448. The zero-order chi connectivity index (χ0) is 14.7. The van der Waals surface area contributed by atoms with E-state index in [4.69, 9.17) is 0 Å². The summed E-state index contributed by atoms with van der Waals surface area (Å²) in [5, 5.41) is 10.6. The Bertz CT molecular complexity index is 660. The maximum atomic E-state index is 12.3. The molecular formula is C16H15NO3. The highest BCUT2D eigenvalue weighted by Crippen LogP contribution is 2.16. The fraction of sp³-hybridized carbons (Fsp3) is 0.188. The molecular weight excluding hydrogens is 254 g/mol. The smallest absolute Gasteiger partial charge is 0.269 e. The summed E-state index contributed by atoms with van der Waals surface area (Å²) in [5.41, 5.74) is 3.52. The first-order valence-corrected chi connectivity index (χ1v) is 6.31. The number of non-ortho nitro benzene ring substituents is 1. The van der Waals surface area contributed by atoms with Crippen molar-refractivity contribution in [3.8, 4) is 0 Å². The zero-order valence-corrected chi connectivity index (χ0v) is 11.4. The molecule has 0 aromatic heterocycles. The summed E-state index contributed by atoms with van der Waals surface area (Å²) in [6.07, 6.45) is 0.252. The number of carbonyl (C=O) groups excluding carboxylic acids is 1. The standard InChI is InChI=1S/C16H15NO3/c1-11-3-4-12(2)15(9-11)16(18)10-13-5-7-14(8-6-13)17(19)20/h3-9H,10H2,1-2H3. The predicted molar refractivity (Wildman–Crippen MR) is 77.0 cm³/mol. The Labute approximate surface area is 117 Å². The lowest BCUT2D eigenvalue weighted by Crippen LogP contribution is -2.06. The van der Waals surface area contributed by atoms with Gasteiger partial charge in [-0.25, -0.2) is 0 Å². The van der Waals surface area contributed by atoms with Crippen LogP contribution in [0.5, 0.6) is 0 Å². The van der Waals surface area contributed by atoms with E-state index in [1.165, 1.54) is 12.1 Å². The topological polar surface area (TPSA) is 60.2 Å². The van der Waals surface area contributed by atoms with Crippen molar-refractivity contribution in [2.24, 2.45) is 0 Å². The van der Waals surface area contributed by atoms with Crippen molar-refractivity contribution < 1.29 is 9.72 Å². The molecule has 0 spiro atoms. The highest BCUT2D eigenvalue weighted by atomic mass is 16.6. The summed E-state index contributed by atoms with van der Waals surface area (Å²) in [7, 11) is 0. The molecule has 2 aromatic carbocycles. The van der Waals surface area contributed by atoms with Gasteiger partial charge >= 0.3 is 0 Å². The van der Waals surface area contributed by atoms with Gasteiger partial charge in [-0.05, 0) is 31.0 Å². The molecule has 4 nitrogen and oxygen atoms in total. The Morgan fingerprint density at radius 3 is 2.35 bits per heavy atom. The van der Waals surface area contributed by atoms with Gasteiger partial charge in [-0.1, -0.05) is 29.8 Å². The van der Waals surface area contributed by atoms with E-state index >= 15 is 0 Å². The normalized spacial score (nSPS) is 10.3. The first-order chi connectivity index (χ1) is 9.47. The Morgan fingerprint density at radius 2 is 1.75 bits per heavy atom. The van der Waals surface area contributed by atoms with Gasteiger partial charge in [-0.3, -0.25) is 14.9 Å². The number of rotatable bonds is 4. The molecule has 0 amide bonds. The monoisotopic (exact) mass is 269 g/mol. The molecule has 0 N–H and O–H groups in total. The quantitative estimate of drug-likeness (QED) is 0.483. The van der Waals surface area contributed by atoms with Gasteiger partial charge in [0.2, 0.25) is 0 Å². The van der Waals surface area contributed by atoms with E-state index in [1.807, 2.05) is 32.0 Å². The van der Waals surface area contributed by atoms with Crippen LogP contribution in [0.1, 0.15) is 27.0 Å². The van der Waals surface area contributed by atoms with Gasteiger partial charge < -0.3 is 0 Å². The summed E-state index contributed by atoms with van der Waals surface area (Å²) in [6, 6.07) is 11.9. The summed E-state index contributed by atoms with van der Waals surface area (Å²) in [5.74, 6) is 0.0278. The van der Waals surface area contributed by atoms with Crippen molar-refractivity contribution >= 4 is 11.5 Å². The third-order valence-electron chi connectivity index (χ3n) is 3.21. The van der Waals surface area contributed by atoms with E-state index in [-0.39, 0.29) is 17.9 Å². The Balaban J connectivity index is 2.19. The summed E-state index contributed by atoms with van der Waals surface area (Å²) in [4.78, 5) is 22.4. The van der Waals surface area contributed by atoms with Gasteiger partial charge in [-0.15, -0.1) is 0 Å². The van der Waals surface area contributed by atoms with E-state index in [2.05, 4.69) is 0 Å². The van der Waals surface area contributed by atoms with Gasteiger partial charge in [0, 0.05) is 24.1 Å². The lowest BCUT2D eigenvalue weighted by molar-refractivity contribution is -0.384. The number of benzene rings is 2. The first kappa shape index (κ1) is 13.9. The van der Waals surface area contributed by atoms with Crippen LogP contribution >= 0.6 is 0 Å². The molecule has 0 bridgehead atoms. The van der Waals surface area contributed by atoms with E-state index in [1.54, 1.807) is 12.1 Å². The van der Waals surface area contributed by atoms with Crippen LogP contribution in [0.3, 0.4) is 0 Å². The van der Waals surface area contributed by atoms with Gasteiger partial charge in [0.05, 0.1) is 4.92 Å². The van der Waals surface area contributed by atoms with Crippen molar-refractivity contribution in [3.63, 3.8) is 0 Å². The van der Waals surface area contributed by atoms with Crippen molar-refractivity contribution in [1.29, 1.82) is 0 Å². The average molecular weight is 269 g/mol. The van der Waals surface area contributed by atoms with Crippen LogP contribution in [-0.2, 0) is 6.42 Å². The van der Waals surface area contributed by atoms with Crippen molar-refractivity contribution in [2.45, 2.75) is 20.3 Å². The second kappa shape index (κ2) is 5.65. The molecule has 0 aliphatic carbocycles. The minimum absolute atomic E-state index is 0.0278. The van der Waals surface area contributed by atoms with Crippen LogP contribution in [-0.4, -0.2) is 10.7 Å². The number of carbonyl (C=O) groups is 1. The number of hydrogen-bond donors (Lipinski definition) is 0. The summed E-state index contributed by atoms with van der Waals surface area (Å²) in [6.45, 7) is 3.85. The van der Waals surface area contributed by atoms with Crippen LogP contribution in [0.25, 0.3) is 0 Å². The second-order valence-electron chi connectivity index (χ2n) is 4.84. The van der Waals surface area contributed by atoms with Crippen molar-refractivity contribution in [1.82, 2.24) is 0 Å². The number of nitro groups is 1. The molecule has 2 rings (SSSR count). The lowest BCUT2D eigenvalue weighted by atomic mass is 9.97. The van der Waals surface area contributed by atoms with E-state index in [9.17, 15) is 14.9 Å². The summed E-state index contributed by atoms with van der Waals surface area (Å²) >= 11 is 0. The van der Waals surface area contributed by atoms with Crippen molar-refractivity contribution in [3.05, 3.63) is 74.8 Å². The van der Waals surface area contributed by atoms with Crippen molar-refractivity contribution in [2.75, 3.05) is 0 Å². The fourth-order valence-electron chi connectivity index (χ4n) is 2.05. The molecule has 0 heterocycles. The Hall–Kier alpha value is -2.49. The highest BCUT2D eigenvalue weighted by Gasteiger charge is 2.11. The fourth-order valence-corrected chi connectivity index (χ4v) is 2.05. The molecule has 2 aromatic rings. The van der Waals surface area contributed by atoms with Gasteiger partial charge in [0.15, 0.2) is 5.78 Å². The largest absolute Gasteiger partial charge is 0.294 e. The molecule has 0 radical (unpaired) electrons. The molecule has 0 aliphatic rings. The van der Waals surface area contributed by atoms with Crippen LogP contribution in [0, 0.1) is 24.0 Å². The van der Waals surface area contributed by atoms with Crippen LogP contribution in [0.15, 0.2) is 42.5 Å². The van der Waals surface area contributed by atoms with Crippen LogP contribution < -0.4 is 0 Å². The Morgan fingerprint density at radius 1 is 1.10 bits per heavy atom. The number of Topliss-reactive ketones (excluding diaryl/α,β-unsaturated/α-hetero) is 1. The molecule has 0 saturated heterocycles. The maximum Gasteiger partial charge on any atom is 0.269 e. The van der Waals surface area contributed by atoms with Gasteiger partial charge in [0.1, 0.15) is 0 Å². The predicted octanol–water partition coefficient (Wildman–Crippen LogP) is 3.64. The molecule has 102 valence electrons. The number of ketones is 1. The van der Waals surface area contributed by atoms with Gasteiger partial charge in [-0.2, -0.15) is 0 Å². The first-order valence-electron chi connectivity index (χ1n) is 6.31. The lowest BCUT2D eigenvalue weighted by Gasteiger charge is -2.06. The number of hydrogen-bond acceptors (Lipinski definition) is 3. The number of nitro benzene ring substituents is 1. The molecule has 0 saturated carbocycles. The van der Waals surface area contributed by atoms with E-state index in [0.717, 1.165) is 16.7 Å². The molecule has 0 unspecified atom stereocenters. The minimum Gasteiger partial charge on any atom is -0.294 e. The van der Waals surface area contributed by atoms with E-state index in [0.29, 0.717) is 5.56 Å². The molecule has 0 aliphatic heterocycles. The molecule has 0 fully saturated rings. The molecule has 0 atom stereocenters. The highest BCUT2D eigenvalue weighted by molar-refractivity contribution is 5.98. The molecule has 20 heavy (non-hydrogen) atoms. The van der Waals surface area contributed by atoms with Crippen LogP contribution in [0.2, 0.25) is 0 Å². The summed E-state index contributed by atoms with van der Waals surface area (Å²) < 4.78 is 0. The SMILES string of the molecule is Cc1ccc(C)c(C(=O)Cc2ccc([N+](=O)[O-])cc2)c1. The third kappa shape index (κ3) is 3.09. The number of aryl methyl sites for hydroxylation is 2. The molecule has 4 heteroatoms. The van der Waals surface area contributed by atoms with Crippen LogP contribution in [0.4, 0.5) is 5.69 Å². The number of nitrogens with zero attached hydrogens (tertiary/aromatic N) is 1. The second-order valence-corrected chi connectivity index (χ2v) is 4.84. The van der Waals surface area contributed by atoms with E-state index < -0.39 is 4.92 Å². The zero-order valence-electron chi connectivity index (χ0n) is 11.4. The third-order valence-corrected chi connectivity index (χ3v) is 3.21. The maximum absolute atomic E-state index is 12.3. The average Bonchev–Trinajstić information content (AvgIpc) is 2.42. The Kier molecular flexibility index (Phi) is 3.94. The van der Waals surface area contributed by atoms with Gasteiger partial charge in [0.25, 0.3) is 5.69 Å².